The third-order valence-electron chi connectivity index (χ3n) is 6.69. The van der Waals surface area contributed by atoms with E-state index in [2.05, 4.69) is 26.2 Å². The lowest BCUT2D eigenvalue weighted by Gasteiger charge is -2.37. The van der Waals surface area contributed by atoms with Crippen molar-refractivity contribution in [1.82, 2.24) is 15.4 Å². The van der Waals surface area contributed by atoms with Crippen molar-refractivity contribution < 1.29 is 19.4 Å². The number of hydrogen-bond donors (Lipinski definition) is 2. The van der Waals surface area contributed by atoms with Crippen molar-refractivity contribution in [2.24, 2.45) is 5.41 Å². The van der Waals surface area contributed by atoms with Crippen molar-refractivity contribution in [3.8, 4) is 5.75 Å². The standard InChI is InChI=1S/C33H37N3O4/c1-32(2,3)29(23-13-8-7-9-14-23)27-20-25(40-21-24-17-16-22-12-10-11-15-28(22)34-24)18-19-26(27)30(37)36(33(4,5)6)35-31(38)39/h7-20,29,35H,21H2,1-6H3,(H,38,39). The second-order valence-corrected chi connectivity index (χ2v) is 12.0. The third-order valence-corrected chi connectivity index (χ3v) is 6.69. The molecule has 208 valence electrons. The molecule has 1 aromatic heterocycles. The van der Waals surface area contributed by atoms with Gasteiger partial charge in [-0.15, -0.1) is 0 Å². The summed E-state index contributed by atoms with van der Waals surface area (Å²) in [4.78, 5) is 30.3. The lowest BCUT2D eigenvalue weighted by atomic mass is 9.71. The molecule has 1 unspecified atom stereocenters. The van der Waals surface area contributed by atoms with Gasteiger partial charge in [0.05, 0.1) is 16.7 Å². The van der Waals surface area contributed by atoms with Crippen LogP contribution in [0.1, 0.15) is 74.6 Å². The normalized spacial score (nSPS) is 12.6. The first-order valence-corrected chi connectivity index (χ1v) is 13.3. The van der Waals surface area contributed by atoms with E-state index < -0.39 is 17.5 Å². The molecule has 0 fully saturated rings. The van der Waals surface area contributed by atoms with Crippen LogP contribution in [-0.4, -0.2) is 32.6 Å². The number of benzene rings is 3. The number of aromatic nitrogens is 1. The van der Waals surface area contributed by atoms with Crippen LogP contribution in [0.15, 0.2) is 84.9 Å². The maximum atomic E-state index is 14.0. The molecule has 3 aromatic carbocycles. The van der Waals surface area contributed by atoms with Gasteiger partial charge in [0.1, 0.15) is 12.4 Å². The molecule has 0 aliphatic rings. The molecular weight excluding hydrogens is 502 g/mol. The van der Waals surface area contributed by atoms with E-state index >= 15 is 0 Å². The van der Waals surface area contributed by atoms with Crippen LogP contribution < -0.4 is 10.2 Å². The summed E-state index contributed by atoms with van der Waals surface area (Å²) < 4.78 is 6.21. The van der Waals surface area contributed by atoms with Gasteiger partial charge in [-0.3, -0.25) is 4.79 Å². The summed E-state index contributed by atoms with van der Waals surface area (Å²) in [5.41, 5.74) is 5.13. The monoisotopic (exact) mass is 539 g/mol. The van der Waals surface area contributed by atoms with Crippen molar-refractivity contribution >= 4 is 22.9 Å². The Balaban J connectivity index is 1.78. The number of nitrogens with one attached hydrogen (secondary N) is 1. The number of nitrogens with zero attached hydrogens (tertiary/aromatic N) is 2. The van der Waals surface area contributed by atoms with Crippen LogP contribution in [0.3, 0.4) is 0 Å². The van der Waals surface area contributed by atoms with E-state index in [4.69, 9.17) is 9.72 Å². The number of ether oxygens (including phenoxy) is 1. The Kier molecular flexibility index (Phi) is 8.14. The number of carbonyl (C=O) groups is 2. The quantitative estimate of drug-likeness (QED) is 0.249. The highest BCUT2D eigenvalue weighted by Gasteiger charge is 2.35. The number of hydrogen-bond acceptors (Lipinski definition) is 4. The van der Waals surface area contributed by atoms with E-state index in [0.29, 0.717) is 11.3 Å². The van der Waals surface area contributed by atoms with Crippen molar-refractivity contribution in [3.05, 3.63) is 107 Å². The summed E-state index contributed by atoms with van der Waals surface area (Å²) >= 11 is 0. The first-order valence-electron chi connectivity index (χ1n) is 13.3. The van der Waals surface area contributed by atoms with Gasteiger partial charge in [0.25, 0.3) is 5.91 Å². The van der Waals surface area contributed by atoms with E-state index in [1.54, 1.807) is 32.9 Å². The number of hydrazine groups is 1. The van der Waals surface area contributed by atoms with Crippen molar-refractivity contribution in [3.63, 3.8) is 0 Å². The van der Waals surface area contributed by atoms with Gasteiger partial charge in [-0.25, -0.2) is 20.2 Å². The number of carbonyl (C=O) groups excluding carboxylic acids is 1. The number of rotatable bonds is 6. The largest absolute Gasteiger partial charge is 0.487 e. The lowest BCUT2D eigenvalue weighted by Crippen LogP contribution is -2.55. The molecule has 7 heteroatoms. The Bertz CT molecular complexity index is 1500. The van der Waals surface area contributed by atoms with Gasteiger partial charge >= 0.3 is 6.09 Å². The average molecular weight is 540 g/mol. The highest BCUT2D eigenvalue weighted by atomic mass is 16.5. The molecule has 4 aromatic rings. The number of para-hydroxylation sites is 1. The average Bonchev–Trinajstić information content (AvgIpc) is 2.89. The molecule has 1 atom stereocenters. The van der Waals surface area contributed by atoms with E-state index in [9.17, 15) is 14.7 Å². The molecule has 4 rings (SSSR count). The van der Waals surface area contributed by atoms with E-state index in [1.165, 1.54) is 5.01 Å². The summed E-state index contributed by atoms with van der Waals surface area (Å²) in [6.07, 6.45) is -1.30. The highest BCUT2D eigenvalue weighted by molar-refractivity contribution is 5.97. The van der Waals surface area contributed by atoms with Gasteiger partial charge in [-0.1, -0.05) is 75.4 Å². The molecule has 7 nitrogen and oxygen atoms in total. The van der Waals surface area contributed by atoms with Gasteiger partial charge in [0.2, 0.25) is 0 Å². The highest BCUT2D eigenvalue weighted by Crippen LogP contribution is 2.43. The van der Waals surface area contributed by atoms with Gasteiger partial charge in [0.15, 0.2) is 0 Å². The predicted molar refractivity (Wildman–Crippen MR) is 157 cm³/mol. The Morgan fingerprint density at radius 1 is 0.900 bits per heavy atom. The van der Waals surface area contributed by atoms with Crippen LogP contribution in [0.2, 0.25) is 0 Å². The summed E-state index contributed by atoms with van der Waals surface area (Å²) in [6, 6.07) is 27.3. The molecule has 0 spiro atoms. The van der Waals surface area contributed by atoms with Gasteiger partial charge < -0.3 is 9.84 Å². The Hall–Kier alpha value is -4.39. The second-order valence-electron chi connectivity index (χ2n) is 12.0. The van der Waals surface area contributed by atoms with Gasteiger partial charge in [-0.2, -0.15) is 0 Å². The number of fused-ring (bicyclic) bond motifs is 1. The smallest absolute Gasteiger partial charge is 0.423 e. The number of pyridine rings is 1. The Morgan fingerprint density at radius 2 is 1.57 bits per heavy atom. The Morgan fingerprint density at radius 3 is 2.23 bits per heavy atom. The third kappa shape index (κ3) is 6.60. The first kappa shape index (κ1) is 28.6. The molecule has 2 amide bonds. The van der Waals surface area contributed by atoms with E-state index in [1.807, 2.05) is 72.8 Å². The molecule has 0 saturated heterocycles. The summed E-state index contributed by atoms with van der Waals surface area (Å²) in [6.45, 7) is 12.0. The van der Waals surface area contributed by atoms with Crippen LogP contribution in [0.5, 0.6) is 5.75 Å². The summed E-state index contributed by atoms with van der Waals surface area (Å²) in [5.74, 6) is -0.0142. The SMILES string of the molecule is CC(C)(C)C(c1ccccc1)c1cc(OCc2ccc3ccccc3n2)ccc1C(=O)N(NC(=O)O)C(C)(C)C. The summed E-state index contributed by atoms with van der Waals surface area (Å²) in [7, 11) is 0. The predicted octanol–water partition coefficient (Wildman–Crippen LogP) is 7.42. The first-order chi connectivity index (χ1) is 18.8. The molecule has 0 saturated carbocycles. The fourth-order valence-corrected chi connectivity index (χ4v) is 4.94. The zero-order valence-corrected chi connectivity index (χ0v) is 23.9. The van der Waals surface area contributed by atoms with E-state index in [0.717, 1.165) is 27.7 Å². The second kappa shape index (κ2) is 11.4. The minimum absolute atomic E-state index is 0.179. The van der Waals surface area contributed by atoms with Crippen LogP contribution in [-0.2, 0) is 6.61 Å². The Labute approximate surface area is 235 Å². The molecule has 1 heterocycles. The molecule has 0 bridgehead atoms. The molecule has 0 aliphatic carbocycles. The van der Waals surface area contributed by atoms with Crippen LogP contribution >= 0.6 is 0 Å². The molecular formula is C33H37N3O4. The van der Waals surface area contributed by atoms with Crippen molar-refractivity contribution in [2.45, 2.75) is 59.6 Å². The topological polar surface area (TPSA) is 91.8 Å². The van der Waals surface area contributed by atoms with Crippen LogP contribution in [0.4, 0.5) is 4.79 Å². The molecule has 2 N–H and O–H groups in total. The number of amides is 2. The zero-order chi connectivity index (χ0) is 29.1. The van der Waals surface area contributed by atoms with Gasteiger partial charge in [0, 0.05) is 16.9 Å². The van der Waals surface area contributed by atoms with Crippen LogP contribution in [0.25, 0.3) is 10.9 Å². The maximum absolute atomic E-state index is 14.0. The molecule has 0 radical (unpaired) electrons. The minimum atomic E-state index is -1.30. The van der Waals surface area contributed by atoms with Gasteiger partial charge in [-0.05, 0) is 67.6 Å². The fourth-order valence-electron chi connectivity index (χ4n) is 4.94. The molecule has 0 aliphatic heterocycles. The minimum Gasteiger partial charge on any atom is -0.487 e. The van der Waals surface area contributed by atoms with Crippen molar-refractivity contribution in [1.29, 1.82) is 0 Å². The van der Waals surface area contributed by atoms with Crippen molar-refractivity contribution in [2.75, 3.05) is 0 Å². The van der Waals surface area contributed by atoms with Crippen LogP contribution in [0, 0.1) is 5.41 Å². The lowest BCUT2D eigenvalue weighted by molar-refractivity contribution is 0.0399. The maximum Gasteiger partial charge on any atom is 0.423 e. The zero-order valence-electron chi connectivity index (χ0n) is 23.9. The number of carboxylic acid groups (broad SMARTS) is 1. The van der Waals surface area contributed by atoms with E-state index in [-0.39, 0.29) is 17.9 Å². The fraction of sp³-hybridized carbons (Fsp3) is 0.303. The molecule has 40 heavy (non-hydrogen) atoms. The summed E-state index contributed by atoms with van der Waals surface area (Å²) in [5, 5.41) is 11.7.